The van der Waals surface area contributed by atoms with Crippen LogP contribution in [-0.4, -0.2) is 11.6 Å². The molecule has 0 aromatic carbocycles. The molecule has 0 amide bonds. The van der Waals surface area contributed by atoms with Crippen molar-refractivity contribution >= 4 is 0 Å². The van der Waals surface area contributed by atoms with Gasteiger partial charge in [-0.2, -0.15) is 5.26 Å². The quantitative estimate of drug-likeness (QED) is 0.753. The molecule has 4 nitrogen and oxygen atoms in total. The van der Waals surface area contributed by atoms with E-state index in [1.807, 2.05) is 6.07 Å². The maximum atomic E-state index is 11.2. The number of nitrogens with zero attached hydrogens (tertiary/aromatic N) is 1. The highest BCUT2D eigenvalue weighted by atomic mass is 16.5. The average molecular weight is 204 g/mol. The molecule has 1 atom stereocenters. The fraction of sp³-hybridized carbons (Fsp3) is 0.455. The second-order valence-electron chi connectivity index (χ2n) is 3.64. The number of hydrogen-bond acceptors (Lipinski definition) is 3. The summed E-state index contributed by atoms with van der Waals surface area (Å²) in [4.78, 5) is 13.7. The molecule has 1 aliphatic heterocycles. The summed E-state index contributed by atoms with van der Waals surface area (Å²) in [6, 6.07) is 3.50. The minimum Gasteiger partial charge on any atom is -0.373 e. The lowest BCUT2D eigenvalue weighted by molar-refractivity contribution is 0.0147. The van der Waals surface area contributed by atoms with Gasteiger partial charge in [0.05, 0.1) is 6.10 Å². The Kier molecular flexibility index (Phi) is 2.84. The van der Waals surface area contributed by atoms with Crippen LogP contribution in [0.1, 0.15) is 36.5 Å². The van der Waals surface area contributed by atoms with Crippen LogP contribution in [-0.2, 0) is 4.74 Å². The van der Waals surface area contributed by atoms with Gasteiger partial charge in [-0.05, 0) is 30.9 Å². The molecule has 2 rings (SSSR count). The zero-order chi connectivity index (χ0) is 10.7. The summed E-state index contributed by atoms with van der Waals surface area (Å²) in [5.41, 5.74) is 0.713. The third kappa shape index (κ3) is 2.08. The van der Waals surface area contributed by atoms with Gasteiger partial charge in [0.2, 0.25) is 0 Å². The van der Waals surface area contributed by atoms with Gasteiger partial charge < -0.3 is 9.72 Å². The molecule has 0 spiro atoms. The molecule has 4 heteroatoms. The van der Waals surface area contributed by atoms with Gasteiger partial charge in [0.15, 0.2) is 0 Å². The van der Waals surface area contributed by atoms with Gasteiger partial charge in [0, 0.05) is 12.8 Å². The summed E-state index contributed by atoms with van der Waals surface area (Å²) in [6.07, 6.45) is 4.84. The monoisotopic (exact) mass is 204 g/mol. The number of hydrogen-bond donors (Lipinski definition) is 1. The number of nitriles is 1. The SMILES string of the molecule is N#Cc1cc(C2CCCCO2)c[nH]c1=O. The van der Waals surface area contributed by atoms with Crippen molar-refractivity contribution in [1.82, 2.24) is 4.98 Å². The molecule has 78 valence electrons. The molecular formula is C11H12N2O2. The van der Waals surface area contributed by atoms with Crippen molar-refractivity contribution in [2.24, 2.45) is 0 Å². The molecule has 0 aliphatic carbocycles. The highest BCUT2D eigenvalue weighted by Gasteiger charge is 2.17. The van der Waals surface area contributed by atoms with Gasteiger partial charge in [-0.3, -0.25) is 4.79 Å². The lowest BCUT2D eigenvalue weighted by Crippen LogP contribution is -2.15. The Balaban J connectivity index is 2.29. The fourth-order valence-electron chi connectivity index (χ4n) is 1.77. The van der Waals surface area contributed by atoms with Crippen molar-refractivity contribution < 1.29 is 4.74 Å². The van der Waals surface area contributed by atoms with Crippen LogP contribution >= 0.6 is 0 Å². The van der Waals surface area contributed by atoms with Crippen LogP contribution < -0.4 is 5.56 Å². The van der Waals surface area contributed by atoms with Gasteiger partial charge in [0.25, 0.3) is 5.56 Å². The van der Waals surface area contributed by atoms with E-state index in [1.54, 1.807) is 12.3 Å². The van der Waals surface area contributed by atoms with Crippen molar-refractivity contribution in [3.8, 4) is 6.07 Å². The second-order valence-corrected chi connectivity index (χ2v) is 3.64. The van der Waals surface area contributed by atoms with Crippen LogP contribution in [0.15, 0.2) is 17.1 Å². The molecule has 0 saturated carbocycles. The predicted molar refractivity (Wildman–Crippen MR) is 54.3 cm³/mol. The number of pyridine rings is 1. The molecule has 15 heavy (non-hydrogen) atoms. The van der Waals surface area contributed by atoms with E-state index < -0.39 is 0 Å². The molecule has 1 unspecified atom stereocenters. The normalized spacial score (nSPS) is 20.9. The average Bonchev–Trinajstić information content (AvgIpc) is 2.31. The Bertz CT molecular complexity index is 439. The first kappa shape index (κ1) is 9.94. The van der Waals surface area contributed by atoms with Crippen molar-refractivity contribution in [1.29, 1.82) is 5.26 Å². The Labute approximate surface area is 87.5 Å². The van der Waals surface area contributed by atoms with E-state index in [2.05, 4.69) is 4.98 Å². The lowest BCUT2D eigenvalue weighted by Gasteiger charge is -2.22. The molecule has 1 aromatic rings. The number of aromatic nitrogens is 1. The first-order valence-corrected chi connectivity index (χ1v) is 5.05. The van der Waals surface area contributed by atoms with Crippen molar-refractivity contribution in [2.75, 3.05) is 6.61 Å². The van der Waals surface area contributed by atoms with Crippen molar-refractivity contribution in [2.45, 2.75) is 25.4 Å². The molecule has 1 saturated heterocycles. The van der Waals surface area contributed by atoms with Crippen LogP contribution in [0.2, 0.25) is 0 Å². The number of ether oxygens (including phenoxy) is 1. The summed E-state index contributed by atoms with van der Waals surface area (Å²) in [7, 11) is 0. The van der Waals surface area contributed by atoms with Gasteiger partial charge in [-0.15, -0.1) is 0 Å². The van der Waals surface area contributed by atoms with E-state index in [0.717, 1.165) is 31.4 Å². The van der Waals surface area contributed by atoms with Crippen LogP contribution in [0.5, 0.6) is 0 Å². The molecular weight excluding hydrogens is 192 g/mol. The third-order valence-corrected chi connectivity index (χ3v) is 2.60. The summed E-state index contributed by atoms with van der Waals surface area (Å²) >= 11 is 0. The van der Waals surface area contributed by atoms with Crippen LogP contribution in [0.4, 0.5) is 0 Å². The number of rotatable bonds is 1. The third-order valence-electron chi connectivity index (χ3n) is 2.60. The molecule has 1 aromatic heterocycles. The van der Waals surface area contributed by atoms with Crippen LogP contribution in [0, 0.1) is 11.3 Å². The van der Waals surface area contributed by atoms with Crippen LogP contribution in [0.25, 0.3) is 0 Å². The van der Waals surface area contributed by atoms with Gasteiger partial charge in [-0.25, -0.2) is 0 Å². The van der Waals surface area contributed by atoms with Crippen molar-refractivity contribution in [3.05, 3.63) is 33.7 Å². The molecule has 1 N–H and O–H groups in total. The number of H-pyrrole nitrogens is 1. The summed E-state index contributed by atoms with van der Waals surface area (Å²) < 4.78 is 5.57. The first-order valence-electron chi connectivity index (χ1n) is 5.05. The minimum atomic E-state index is -0.336. The summed E-state index contributed by atoms with van der Waals surface area (Å²) in [5.74, 6) is 0. The van der Waals surface area contributed by atoms with E-state index in [4.69, 9.17) is 10.00 Å². The smallest absolute Gasteiger partial charge is 0.265 e. The maximum Gasteiger partial charge on any atom is 0.265 e. The number of aromatic amines is 1. The van der Waals surface area contributed by atoms with Crippen LogP contribution in [0.3, 0.4) is 0 Å². The largest absolute Gasteiger partial charge is 0.373 e. The van der Waals surface area contributed by atoms with Crippen molar-refractivity contribution in [3.63, 3.8) is 0 Å². The Morgan fingerprint density at radius 3 is 3.07 bits per heavy atom. The summed E-state index contributed by atoms with van der Waals surface area (Å²) in [5, 5.41) is 8.73. The molecule has 0 bridgehead atoms. The van der Waals surface area contributed by atoms with Gasteiger partial charge >= 0.3 is 0 Å². The van der Waals surface area contributed by atoms with E-state index in [1.165, 1.54) is 0 Å². The van der Waals surface area contributed by atoms with E-state index >= 15 is 0 Å². The molecule has 1 aliphatic rings. The van der Waals surface area contributed by atoms with E-state index in [9.17, 15) is 4.79 Å². The predicted octanol–water partition coefficient (Wildman–Crippen LogP) is 1.49. The molecule has 1 fully saturated rings. The second kappa shape index (κ2) is 4.28. The lowest BCUT2D eigenvalue weighted by atomic mass is 10.0. The topological polar surface area (TPSA) is 65.9 Å². The highest BCUT2D eigenvalue weighted by molar-refractivity contribution is 5.30. The molecule has 0 radical (unpaired) electrons. The summed E-state index contributed by atoms with van der Waals surface area (Å²) in [6.45, 7) is 0.756. The zero-order valence-electron chi connectivity index (χ0n) is 8.32. The Morgan fingerprint density at radius 1 is 1.53 bits per heavy atom. The zero-order valence-corrected chi connectivity index (χ0v) is 8.32. The fourth-order valence-corrected chi connectivity index (χ4v) is 1.77. The van der Waals surface area contributed by atoms with E-state index in [0.29, 0.717) is 0 Å². The maximum absolute atomic E-state index is 11.2. The number of nitrogens with one attached hydrogen (secondary N) is 1. The standard InChI is InChI=1S/C11H12N2O2/c12-6-8-5-9(7-13-11(8)14)10-3-1-2-4-15-10/h5,7,10H,1-4H2,(H,13,14). The highest BCUT2D eigenvalue weighted by Crippen LogP contribution is 2.26. The van der Waals surface area contributed by atoms with Gasteiger partial charge in [-0.1, -0.05) is 0 Å². The Morgan fingerprint density at radius 2 is 2.40 bits per heavy atom. The van der Waals surface area contributed by atoms with E-state index in [-0.39, 0.29) is 17.2 Å². The Hall–Kier alpha value is -1.60. The molecule has 2 heterocycles. The van der Waals surface area contributed by atoms with Gasteiger partial charge in [0.1, 0.15) is 11.6 Å². The first-order chi connectivity index (χ1) is 7.31. The minimum absolute atomic E-state index is 0.0303.